The van der Waals surface area contributed by atoms with Crippen molar-refractivity contribution in [2.45, 2.75) is 0 Å². The van der Waals surface area contributed by atoms with Crippen LogP contribution in [-0.2, 0) is 20.7 Å². The molecule has 0 radical (unpaired) electrons. The number of imidazole rings is 1. The van der Waals surface area contributed by atoms with E-state index >= 15 is 0 Å². The fraction of sp³-hybridized carbons (Fsp3) is 0.500. The van der Waals surface area contributed by atoms with Crippen LogP contribution in [0, 0.1) is 0 Å². The van der Waals surface area contributed by atoms with Gasteiger partial charge in [0.05, 0.1) is 6.33 Å². The Hall–Kier alpha value is -0.970. The van der Waals surface area contributed by atoms with E-state index in [2.05, 4.69) is 14.0 Å². The molecule has 0 bridgehead atoms. The maximum Gasteiger partial charge on any atom is 0.337 e. The lowest BCUT2D eigenvalue weighted by Gasteiger charge is -2.11. The average Bonchev–Trinajstić information content (AvgIpc) is 2.65. The van der Waals surface area contributed by atoms with E-state index in [4.69, 9.17) is 0 Å². The average molecular weight is 232 g/mol. The minimum atomic E-state index is -3.29. The highest BCUT2D eigenvalue weighted by Crippen LogP contribution is 2.46. The van der Waals surface area contributed by atoms with Crippen LogP contribution in [0.2, 0.25) is 0 Å². The van der Waals surface area contributed by atoms with E-state index in [0.29, 0.717) is 0 Å². The van der Waals surface area contributed by atoms with Gasteiger partial charge in [0.2, 0.25) is 0 Å². The molecule has 0 aliphatic rings. The zero-order valence-corrected chi connectivity index (χ0v) is 9.73. The number of aryl methyl sites for hydroxylation is 1. The van der Waals surface area contributed by atoms with E-state index < -0.39 is 7.60 Å². The molecule has 0 unspecified atom stereocenters. The van der Waals surface area contributed by atoms with E-state index in [-0.39, 0.29) is 17.6 Å². The minimum absolute atomic E-state index is 0.256. The summed E-state index contributed by atoms with van der Waals surface area (Å²) >= 11 is 0. The fourth-order valence-corrected chi connectivity index (χ4v) is 1.94. The highest BCUT2D eigenvalue weighted by molar-refractivity contribution is 7.54. The van der Waals surface area contributed by atoms with Crippen molar-refractivity contribution >= 4 is 13.4 Å². The first-order chi connectivity index (χ1) is 7.00. The minimum Gasteiger partial charge on any atom is -0.340 e. The van der Waals surface area contributed by atoms with Gasteiger partial charge in [0.25, 0.3) is 0 Å². The van der Waals surface area contributed by atoms with Gasteiger partial charge in [-0.3, -0.25) is 9.36 Å². The van der Waals surface area contributed by atoms with E-state index in [1.807, 2.05) is 0 Å². The molecule has 1 aromatic heterocycles. The monoisotopic (exact) mass is 232 g/mol. The summed E-state index contributed by atoms with van der Waals surface area (Å²) in [7, 11) is 0.946. The first-order valence-electron chi connectivity index (χ1n) is 4.22. The number of carbonyl (C=O) groups is 1. The van der Waals surface area contributed by atoms with Crippen molar-refractivity contribution in [1.82, 2.24) is 9.55 Å². The second-order valence-corrected chi connectivity index (χ2v) is 5.25. The first kappa shape index (κ1) is 12.1. The molecule has 1 rings (SSSR count). The Balaban J connectivity index is 2.75. The molecule has 0 spiro atoms. The van der Waals surface area contributed by atoms with Gasteiger partial charge in [-0.05, 0) is 0 Å². The van der Waals surface area contributed by atoms with Gasteiger partial charge in [0.15, 0.2) is 5.78 Å². The summed E-state index contributed by atoms with van der Waals surface area (Å²) in [6.45, 7) is 0. The Kier molecular flexibility index (Phi) is 3.79. The SMILES string of the molecule is COP(=O)(CC(=O)c1cn(C)cn1)OC. The smallest absolute Gasteiger partial charge is 0.337 e. The van der Waals surface area contributed by atoms with Crippen molar-refractivity contribution in [3.05, 3.63) is 18.2 Å². The van der Waals surface area contributed by atoms with Gasteiger partial charge in [0, 0.05) is 27.5 Å². The van der Waals surface area contributed by atoms with Crippen LogP contribution in [0.5, 0.6) is 0 Å². The maximum absolute atomic E-state index is 11.6. The van der Waals surface area contributed by atoms with Crippen molar-refractivity contribution in [2.24, 2.45) is 7.05 Å². The molecule has 0 aliphatic carbocycles. The summed E-state index contributed by atoms with van der Waals surface area (Å²) in [5, 5.41) is 0. The van der Waals surface area contributed by atoms with Crippen LogP contribution < -0.4 is 0 Å². The topological polar surface area (TPSA) is 70.4 Å². The van der Waals surface area contributed by atoms with Crippen molar-refractivity contribution in [3.8, 4) is 0 Å². The summed E-state index contributed by atoms with van der Waals surface area (Å²) in [4.78, 5) is 15.4. The Morgan fingerprint density at radius 3 is 2.53 bits per heavy atom. The normalized spacial score (nSPS) is 11.7. The number of nitrogens with zero attached hydrogens (tertiary/aromatic N) is 2. The predicted octanol–water partition coefficient (Wildman–Crippen LogP) is 1.09. The van der Waals surface area contributed by atoms with Gasteiger partial charge in [-0.25, -0.2) is 4.98 Å². The van der Waals surface area contributed by atoms with E-state index in [0.717, 1.165) is 0 Å². The highest BCUT2D eigenvalue weighted by atomic mass is 31.2. The summed E-state index contributed by atoms with van der Waals surface area (Å²) in [6, 6.07) is 0. The maximum atomic E-state index is 11.6. The lowest BCUT2D eigenvalue weighted by atomic mass is 10.3. The summed E-state index contributed by atoms with van der Waals surface area (Å²) in [6.07, 6.45) is 2.76. The highest BCUT2D eigenvalue weighted by Gasteiger charge is 2.27. The summed E-state index contributed by atoms with van der Waals surface area (Å²) in [5.41, 5.74) is 0.256. The van der Waals surface area contributed by atoms with Gasteiger partial charge in [-0.2, -0.15) is 0 Å². The van der Waals surface area contributed by atoms with Crippen LogP contribution in [0.1, 0.15) is 10.5 Å². The van der Waals surface area contributed by atoms with Crippen molar-refractivity contribution in [2.75, 3.05) is 20.4 Å². The lowest BCUT2D eigenvalue weighted by molar-refractivity contribution is 0.100. The van der Waals surface area contributed by atoms with Gasteiger partial charge in [0.1, 0.15) is 11.9 Å². The number of carbonyl (C=O) groups excluding carboxylic acids is 1. The molecule has 0 fully saturated rings. The van der Waals surface area contributed by atoms with Crippen LogP contribution in [-0.4, -0.2) is 35.7 Å². The standard InChI is InChI=1S/C8H13N2O4P/c1-10-4-7(9-6-10)8(11)5-15(12,13-2)14-3/h4,6H,5H2,1-3H3. The molecular weight excluding hydrogens is 219 g/mol. The number of rotatable bonds is 5. The Morgan fingerprint density at radius 1 is 1.53 bits per heavy atom. The number of hydrogen-bond acceptors (Lipinski definition) is 5. The van der Waals surface area contributed by atoms with Crippen molar-refractivity contribution in [3.63, 3.8) is 0 Å². The van der Waals surface area contributed by atoms with E-state index in [1.165, 1.54) is 20.5 Å². The third-order valence-corrected chi connectivity index (χ3v) is 3.67. The molecule has 1 aromatic rings. The Bertz CT molecular complexity index is 393. The van der Waals surface area contributed by atoms with Gasteiger partial charge >= 0.3 is 7.60 Å². The van der Waals surface area contributed by atoms with E-state index in [9.17, 15) is 9.36 Å². The fourth-order valence-electron chi connectivity index (χ4n) is 1.02. The Morgan fingerprint density at radius 2 is 2.13 bits per heavy atom. The van der Waals surface area contributed by atoms with Crippen LogP contribution in [0.25, 0.3) is 0 Å². The van der Waals surface area contributed by atoms with Gasteiger partial charge in [-0.15, -0.1) is 0 Å². The number of ketones is 1. The number of hydrogen-bond donors (Lipinski definition) is 0. The number of aromatic nitrogens is 2. The Labute approximate surface area is 87.7 Å². The van der Waals surface area contributed by atoms with E-state index in [1.54, 1.807) is 17.8 Å². The summed E-state index contributed by atoms with van der Waals surface area (Å²) in [5.74, 6) is -0.359. The molecule has 0 amide bonds. The molecule has 0 aliphatic heterocycles. The quantitative estimate of drug-likeness (QED) is 0.561. The third-order valence-electron chi connectivity index (χ3n) is 1.88. The third kappa shape index (κ3) is 2.99. The van der Waals surface area contributed by atoms with Crippen LogP contribution in [0.15, 0.2) is 12.5 Å². The molecule has 0 atom stereocenters. The zero-order chi connectivity index (χ0) is 11.5. The summed E-state index contributed by atoms with van der Waals surface area (Å²) < 4.78 is 22.6. The number of Topliss-reactive ketones (excluding diaryl/α,β-unsaturated/α-hetero) is 1. The van der Waals surface area contributed by atoms with Gasteiger partial charge in [-0.1, -0.05) is 0 Å². The first-order valence-corrected chi connectivity index (χ1v) is 5.95. The molecule has 0 saturated heterocycles. The zero-order valence-electron chi connectivity index (χ0n) is 8.84. The van der Waals surface area contributed by atoms with Crippen LogP contribution in [0.4, 0.5) is 0 Å². The van der Waals surface area contributed by atoms with Crippen molar-refractivity contribution < 1.29 is 18.4 Å². The van der Waals surface area contributed by atoms with Crippen LogP contribution in [0.3, 0.4) is 0 Å². The molecular formula is C8H13N2O4P. The molecule has 84 valence electrons. The lowest BCUT2D eigenvalue weighted by Crippen LogP contribution is -2.08. The molecule has 0 aromatic carbocycles. The van der Waals surface area contributed by atoms with Gasteiger partial charge < -0.3 is 13.6 Å². The largest absolute Gasteiger partial charge is 0.340 e. The predicted molar refractivity (Wildman–Crippen MR) is 54.0 cm³/mol. The second-order valence-electron chi connectivity index (χ2n) is 2.98. The van der Waals surface area contributed by atoms with Crippen LogP contribution >= 0.6 is 7.60 Å². The molecule has 6 nitrogen and oxygen atoms in total. The molecule has 0 saturated carbocycles. The molecule has 0 N–H and O–H groups in total. The molecule has 15 heavy (non-hydrogen) atoms. The molecule has 1 heterocycles. The second kappa shape index (κ2) is 4.70. The van der Waals surface area contributed by atoms with Crippen molar-refractivity contribution in [1.29, 1.82) is 0 Å². The molecule has 7 heteroatoms.